The van der Waals surface area contributed by atoms with Gasteiger partial charge in [0.25, 0.3) is 5.91 Å². The van der Waals surface area contributed by atoms with Gasteiger partial charge >= 0.3 is 0 Å². The van der Waals surface area contributed by atoms with Gasteiger partial charge < -0.3 is 10.0 Å². The van der Waals surface area contributed by atoms with Crippen LogP contribution in [-0.4, -0.2) is 39.6 Å². The summed E-state index contributed by atoms with van der Waals surface area (Å²) in [4.78, 5) is 18.5. The maximum absolute atomic E-state index is 12.9. The lowest BCUT2D eigenvalue weighted by Crippen LogP contribution is -2.65. The van der Waals surface area contributed by atoms with Crippen molar-refractivity contribution in [3.8, 4) is 6.07 Å². The Morgan fingerprint density at radius 3 is 2.74 bits per heavy atom. The topological polar surface area (TPSA) is 77.2 Å². The predicted molar refractivity (Wildman–Crippen MR) is 102 cm³/mol. The highest BCUT2D eigenvalue weighted by molar-refractivity contribution is 5.94. The van der Waals surface area contributed by atoms with E-state index in [0.717, 1.165) is 30.4 Å². The van der Waals surface area contributed by atoms with E-state index in [4.69, 9.17) is 0 Å². The predicted octanol–water partition coefficient (Wildman–Crippen LogP) is 3.14. The molecule has 0 spiro atoms. The Hall–Kier alpha value is -2.97. The fraction of sp³-hybridized carbons (Fsp3) is 0.318. The fourth-order valence-electron chi connectivity index (χ4n) is 4.28. The van der Waals surface area contributed by atoms with Crippen molar-refractivity contribution in [2.24, 2.45) is 0 Å². The third kappa shape index (κ3) is 2.92. The summed E-state index contributed by atoms with van der Waals surface area (Å²) in [5, 5.41) is 19.8. The lowest BCUT2D eigenvalue weighted by molar-refractivity contribution is -0.00636. The molecule has 3 atom stereocenters. The number of carbonyl (C=O) groups excluding carboxylic acids is 1. The SMILES string of the molecule is N#C[C@H]1[C@@H](c2ccccc2C2=CCCC2)[C@H](CO)N1C(=O)c1ccccn1. The van der Waals surface area contributed by atoms with Crippen LogP contribution >= 0.6 is 0 Å². The molecule has 2 heterocycles. The van der Waals surface area contributed by atoms with E-state index < -0.39 is 12.1 Å². The molecule has 1 aliphatic carbocycles. The number of amides is 1. The first-order valence-electron chi connectivity index (χ1n) is 9.28. The Morgan fingerprint density at radius 1 is 1.26 bits per heavy atom. The van der Waals surface area contributed by atoms with Gasteiger partial charge in [-0.15, -0.1) is 0 Å². The molecule has 1 fully saturated rings. The van der Waals surface area contributed by atoms with Crippen molar-refractivity contribution >= 4 is 11.5 Å². The molecular weight excluding hydrogens is 338 g/mol. The summed E-state index contributed by atoms with van der Waals surface area (Å²) in [6, 6.07) is 14.4. The Kier molecular flexibility index (Phi) is 4.74. The first kappa shape index (κ1) is 17.4. The minimum absolute atomic E-state index is 0.186. The maximum Gasteiger partial charge on any atom is 0.273 e. The van der Waals surface area contributed by atoms with Gasteiger partial charge in [0, 0.05) is 12.1 Å². The van der Waals surface area contributed by atoms with Gasteiger partial charge in [0.2, 0.25) is 0 Å². The van der Waals surface area contributed by atoms with Crippen molar-refractivity contribution in [1.82, 2.24) is 9.88 Å². The minimum Gasteiger partial charge on any atom is -0.394 e. The zero-order chi connectivity index (χ0) is 18.8. The van der Waals surface area contributed by atoms with E-state index in [-0.39, 0.29) is 18.4 Å². The number of aliphatic hydroxyl groups excluding tert-OH is 1. The highest BCUT2D eigenvalue weighted by Crippen LogP contribution is 2.44. The van der Waals surface area contributed by atoms with Crippen molar-refractivity contribution in [1.29, 1.82) is 5.26 Å². The Bertz CT molecular complexity index is 917. The average molecular weight is 359 g/mol. The molecule has 1 saturated heterocycles. The number of allylic oxidation sites excluding steroid dienone is 2. The zero-order valence-corrected chi connectivity index (χ0v) is 15.0. The van der Waals surface area contributed by atoms with Gasteiger partial charge in [-0.25, -0.2) is 0 Å². The van der Waals surface area contributed by atoms with Crippen molar-refractivity contribution in [2.75, 3.05) is 6.61 Å². The molecule has 1 N–H and O–H groups in total. The molecular formula is C22H21N3O2. The van der Waals surface area contributed by atoms with E-state index in [1.165, 1.54) is 10.5 Å². The summed E-state index contributed by atoms with van der Waals surface area (Å²) < 4.78 is 0. The van der Waals surface area contributed by atoms with Crippen molar-refractivity contribution in [3.05, 3.63) is 71.6 Å². The highest BCUT2D eigenvalue weighted by Gasteiger charge is 2.52. The number of hydrogen-bond donors (Lipinski definition) is 1. The van der Waals surface area contributed by atoms with Gasteiger partial charge in [-0.1, -0.05) is 36.4 Å². The third-order valence-electron chi connectivity index (χ3n) is 5.56. The molecule has 5 heteroatoms. The standard InChI is InChI=1S/C22H21N3O2/c23-13-19-21(17-10-4-3-9-16(17)15-7-1-2-8-15)20(14-26)25(19)22(27)18-11-5-6-12-24-18/h3-7,9-12,19-21,26H,1-2,8,14H2/t19-,20-,21+/m0/s1. The second-order valence-corrected chi connectivity index (χ2v) is 6.99. The van der Waals surface area contributed by atoms with Gasteiger partial charge in [0.15, 0.2) is 0 Å². The van der Waals surface area contributed by atoms with Crippen molar-refractivity contribution in [3.63, 3.8) is 0 Å². The number of pyridine rings is 1. The van der Waals surface area contributed by atoms with Crippen molar-refractivity contribution in [2.45, 2.75) is 37.3 Å². The number of nitriles is 1. The van der Waals surface area contributed by atoms with Crippen LogP contribution in [0.15, 0.2) is 54.7 Å². The van der Waals surface area contributed by atoms with Crippen LogP contribution in [0.5, 0.6) is 0 Å². The van der Waals surface area contributed by atoms with Crippen LogP contribution in [0.2, 0.25) is 0 Å². The number of rotatable bonds is 4. The number of aromatic nitrogens is 1. The Balaban J connectivity index is 1.69. The molecule has 27 heavy (non-hydrogen) atoms. The van der Waals surface area contributed by atoms with Gasteiger partial charge in [0.1, 0.15) is 11.7 Å². The van der Waals surface area contributed by atoms with E-state index in [1.54, 1.807) is 24.4 Å². The van der Waals surface area contributed by atoms with Crippen LogP contribution in [0.25, 0.3) is 5.57 Å². The Morgan fingerprint density at radius 2 is 2.07 bits per heavy atom. The summed E-state index contributed by atoms with van der Waals surface area (Å²) in [6.45, 7) is -0.186. The summed E-state index contributed by atoms with van der Waals surface area (Å²) >= 11 is 0. The average Bonchev–Trinajstić information content (AvgIpc) is 3.23. The quantitative estimate of drug-likeness (QED) is 0.910. The number of likely N-dealkylation sites (tertiary alicyclic amines) is 1. The smallest absolute Gasteiger partial charge is 0.273 e. The number of benzene rings is 1. The number of nitrogens with zero attached hydrogens (tertiary/aromatic N) is 3. The number of carbonyl (C=O) groups is 1. The summed E-state index contributed by atoms with van der Waals surface area (Å²) in [6.07, 6.45) is 7.06. The zero-order valence-electron chi connectivity index (χ0n) is 15.0. The second-order valence-electron chi connectivity index (χ2n) is 6.99. The highest BCUT2D eigenvalue weighted by atomic mass is 16.3. The van der Waals surface area contributed by atoms with Gasteiger partial charge in [-0.3, -0.25) is 9.78 Å². The molecule has 0 radical (unpaired) electrons. The summed E-state index contributed by atoms with van der Waals surface area (Å²) in [5.74, 6) is -0.514. The molecule has 4 rings (SSSR count). The maximum atomic E-state index is 12.9. The molecule has 5 nitrogen and oxygen atoms in total. The van der Waals surface area contributed by atoms with Gasteiger partial charge in [0.05, 0.1) is 18.7 Å². The lowest BCUT2D eigenvalue weighted by atomic mass is 9.73. The molecule has 2 aromatic rings. The summed E-state index contributed by atoms with van der Waals surface area (Å²) in [7, 11) is 0. The molecule has 1 amide bonds. The lowest BCUT2D eigenvalue weighted by Gasteiger charge is -2.51. The van der Waals surface area contributed by atoms with Crippen LogP contribution in [0.4, 0.5) is 0 Å². The summed E-state index contributed by atoms with van der Waals surface area (Å²) in [5.41, 5.74) is 3.78. The molecule has 1 aromatic heterocycles. The van der Waals surface area contributed by atoms with E-state index >= 15 is 0 Å². The number of hydrogen-bond acceptors (Lipinski definition) is 4. The monoisotopic (exact) mass is 359 g/mol. The molecule has 1 aromatic carbocycles. The van der Waals surface area contributed by atoms with Gasteiger partial charge in [-0.2, -0.15) is 5.26 Å². The second kappa shape index (κ2) is 7.34. The van der Waals surface area contributed by atoms with Crippen LogP contribution in [0.1, 0.15) is 46.8 Å². The van der Waals surface area contributed by atoms with Crippen LogP contribution < -0.4 is 0 Å². The minimum atomic E-state index is -0.611. The van der Waals surface area contributed by atoms with E-state index in [1.807, 2.05) is 18.2 Å². The molecule has 0 unspecified atom stereocenters. The number of aliphatic hydroxyl groups is 1. The normalized spacial score (nSPS) is 24.1. The fourth-order valence-corrected chi connectivity index (χ4v) is 4.28. The van der Waals surface area contributed by atoms with Crippen LogP contribution in [0, 0.1) is 11.3 Å². The molecule has 0 saturated carbocycles. The van der Waals surface area contributed by atoms with Crippen molar-refractivity contribution < 1.29 is 9.90 Å². The third-order valence-corrected chi connectivity index (χ3v) is 5.56. The molecule has 136 valence electrons. The first-order chi connectivity index (χ1) is 13.3. The van der Waals surface area contributed by atoms with Crippen LogP contribution in [-0.2, 0) is 0 Å². The van der Waals surface area contributed by atoms with E-state index in [0.29, 0.717) is 5.69 Å². The molecule has 1 aliphatic heterocycles. The largest absolute Gasteiger partial charge is 0.394 e. The van der Waals surface area contributed by atoms with Gasteiger partial charge in [-0.05, 0) is 48.1 Å². The van der Waals surface area contributed by atoms with Crippen LogP contribution in [0.3, 0.4) is 0 Å². The molecule has 2 aliphatic rings. The Labute approximate surface area is 158 Å². The molecule has 0 bridgehead atoms. The van der Waals surface area contributed by atoms with E-state index in [9.17, 15) is 15.2 Å². The first-order valence-corrected chi connectivity index (χ1v) is 9.28. The van der Waals surface area contributed by atoms with E-state index in [2.05, 4.69) is 23.2 Å².